The summed E-state index contributed by atoms with van der Waals surface area (Å²) in [4.78, 5) is 12.4. The molecular formula is C61H115NO3. The Morgan fingerprint density at radius 1 is 0.354 bits per heavy atom. The molecule has 0 radical (unpaired) electrons. The number of carbonyl (C=O) groups is 1. The Kier molecular flexibility index (Phi) is 55.2. The van der Waals surface area contributed by atoms with Crippen LogP contribution < -0.4 is 5.32 Å². The second-order valence-corrected chi connectivity index (χ2v) is 20.0. The maximum atomic E-state index is 12.4. The molecule has 0 spiro atoms. The largest absolute Gasteiger partial charge is 0.394 e. The number of carbonyl (C=O) groups excluding carboxylic acids is 1. The van der Waals surface area contributed by atoms with Gasteiger partial charge < -0.3 is 15.5 Å². The Morgan fingerprint density at radius 3 is 0.908 bits per heavy atom. The lowest BCUT2D eigenvalue weighted by molar-refractivity contribution is -0.123. The minimum Gasteiger partial charge on any atom is -0.394 e. The summed E-state index contributed by atoms with van der Waals surface area (Å²) in [6.45, 7) is 4.29. The molecule has 0 aliphatic rings. The first-order chi connectivity index (χ1) is 32.2. The van der Waals surface area contributed by atoms with E-state index >= 15 is 0 Å². The molecule has 1 amide bonds. The van der Waals surface area contributed by atoms with Gasteiger partial charge in [0, 0.05) is 6.42 Å². The van der Waals surface area contributed by atoms with Crippen LogP contribution in [0.4, 0.5) is 0 Å². The Hall–Kier alpha value is -1.65. The Labute approximate surface area is 407 Å². The smallest absolute Gasteiger partial charge is 0.220 e. The molecule has 0 heterocycles. The number of unbranched alkanes of at least 4 members (excludes halogenated alkanes) is 41. The molecule has 0 aromatic heterocycles. The van der Waals surface area contributed by atoms with Crippen LogP contribution in [0.1, 0.15) is 316 Å². The third-order valence-corrected chi connectivity index (χ3v) is 13.5. The molecule has 0 rings (SSSR count). The van der Waals surface area contributed by atoms with Gasteiger partial charge in [-0.15, -0.1) is 0 Å². The zero-order valence-corrected chi connectivity index (χ0v) is 44.0. The average Bonchev–Trinajstić information content (AvgIpc) is 3.31. The highest BCUT2D eigenvalue weighted by Gasteiger charge is 2.18. The molecule has 4 nitrogen and oxygen atoms in total. The predicted molar refractivity (Wildman–Crippen MR) is 290 cm³/mol. The van der Waals surface area contributed by atoms with Crippen molar-refractivity contribution in [1.29, 1.82) is 0 Å². The third kappa shape index (κ3) is 53.2. The van der Waals surface area contributed by atoms with E-state index in [1.54, 1.807) is 6.08 Å². The van der Waals surface area contributed by atoms with Gasteiger partial charge in [0.2, 0.25) is 5.91 Å². The topological polar surface area (TPSA) is 69.6 Å². The molecule has 0 bridgehead atoms. The first-order valence-electron chi connectivity index (χ1n) is 29.4. The van der Waals surface area contributed by atoms with Crippen molar-refractivity contribution in [3.8, 4) is 0 Å². The third-order valence-electron chi connectivity index (χ3n) is 13.5. The van der Waals surface area contributed by atoms with Gasteiger partial charge in [-0.3, -0.25) is 4.79 Å². The molecule has 65 heavy (non-hydrogen) atoms. The van der Waals surface area contributed by atoms with Crippen LogP contribution in [-0.2, 0) is 4.79 Å². The van der Waals surface area contributed by atoms with Crippen molar-refractivity contribution >= 4 is 5.91 Å². The van der Waals surface area contributed by atoms with Crippen molar-refractivity contribution in [3.63, 3.8) is 0 Å². The molecular weight excluding hydrogens is 795 g/mol. The minimum atomic E-state index is -0.868. The fourth-order valence-electron chi connectivity index (χ4n) is 9.03. The van der Waals surface area contributed by atoms with E-state index in [1.165, 1.54) is 257 Å². The lowest BCUT2D eigenvalue weighted by Crippen LogP contribution is -2.45. The highest BCUT2D eigenvalue weighted by molar-refractivity contribution is 5.76. The quantitative estimate of drug-likeness (QED) is 0.0421. The predicted octanol–water partition coefficient (Wildman–Crippen LogP) is 19.4. The standard InChI is InChI=1S/C61H115NO3/c1-3-5-7-9-11-13-15-17-19-20-21-22-23-24-25-26-27-28-29-30-31-32-33-34-35-36-37-38-39-40-41-42-43-45-47-49-51-53-55-57-61(65)62-59(58-63)60(64)56-54-52-50-48-46-44-18-16-14-12-10-8-6-4-2/h14,16,20-21,46,48,54,56,59-60,63-64H,3-13,15,17-19,22-45,47,49-53,55,57-58H2,1-2H3,(H,62,65)/b16-14+,21-20-,48-46+,56-54+. The second kappa shape index (κ2) is 56.7. The summed E-state index contributed by atoms with van der Waals surface area (Å²) >= 11 is 0. The maximum Gasteiger partial charge on any atom is 0.220 e. The van der Waals surface area contributed by atoms with Crippen LogP contribution in [-0.4, -0.2) is 34.9 Å². The van der Waals surface area contributed by atoms with E-state index in [0.717, 1.165) is 38.5 Å². The molecule has 0 aliphatic carbocycles. The van der Waals surface area contributed by atoms with E-state index in [4.69, 9.17) is 0 Å². The van der Waals surface area contributed by atoms with Gasteiger partial charge in [0.25, 0.3) is 0 Å². The lowest BCUT2D eigenvalue weighted by atomic mass is 10.0. The van der Waals surface area contributed by atoms with Crippen LogP contribution in [0.2, 0.25) is 0 Å². The van der Waals surface area contributed by atoms with Gasteiger partial charge in [0.1, 0.15) is 0 Å². The first kappa shape index (κ1) is 63.4. The fourth-order valence-corrected chi connectivity index (χ4v) is 9.03. The molecule has 0 aliphatic heterocycles. The number of aliphatic hydroxyl groups is 2. The van der Waals surface area contributed by atoms with Crippen molar-refractivity contribution in [2.45, 2.75) is 328 Å². The number of rotatable bonds is 54. The van der Waals surface area contributed by atoms with Crippen molar-refractivity contribution in [2.75, 3.05) is 6.61 Å². The molecule has 3 N–H and O–H groups in total. The highest BCUT2D eigenvalue weighted by atomic mass is 16.3. The van der Waals surface area contributed by atoms with Crippen LogP contribution in [0.5, 0.6) is 0 Å². The van der Waals surface area contributed by atoms with E-state index in [0.29, 0.717) is 6.42 Å². The first-order valence-corrected chi connectivity index (χ1v) is 29.4. The van der Waals surface area contributed by atoms with Crippen LogP contribution in [0.15, 0.2) is 48.6 Å². The lowest BCUT2D eigenvalue weighted by Gasteiger charge is -2.19. The Bertz CT molecular complexity index is 1030. The fraction of sp³-hybridized carbons (Fsp3) is 0.852. The average molecular weight is 911 g/mol. The molecule has 0 saturated heterocycles. The van der Waals surface area contributed by atoms with Crippen LogP contribution >= 0.6 is 0 Å². The van der Waals surface area contributed by atoms with Crippen molar-refractivity contribution < 1.29 is 15.0 Å². The molecule has 0 fully saturated rings. The molecule has 2 atom stereocenters. The SMILES string of the molecule is CCCCCC/C=C/CC/C=C/CC/C=C/C(O)C(CO)NC(=O)CCCCCCCCCCCCCCCCCCCCCCCCCCCCC/C=C\CCCCCCCCCC. The molecule has 0 aromatic rings. The van der Waals surface area contributed by atoms with Gasteiger partial charge in [0.05, 0.1) is 18.8 Å². The van der Waals surface area contributed by atoms with Gasteiger partial charge in [0.15, 0.2) is 0 Å². The van der Waals surface area contributed by atoms with E-state index < -0.39 is 12.1 Å². The highest BCUT2D eigenvalue weighted by Crippen LogP contribution is 2.17. The van der Waals surface area contributed by atoms with Crippen LogP contribution in [0, 0.1) is 0 Å². The summed E-state index contributed by atoms with van der Waals surface area (Å²) < 4.78 is 0. The van der Waals surface area contributed by atoms with E-state index in [2.05, 4.69) is 55.6 Å². The summed E-state index contributed by atoms with van der Waals surface area (Å²) in [6.07, 6.45) is 78.8. The van der Waals surface area contributed by atoms with Crippen molar-refractivity contribution in [3.05, 3.63) is 48.6 Å². The summed E-state index contributed by atoms with van der Waals surface area (Å²) in [5, 5.41) is 23.0. The van der Waals surface area contributed by atoms with E-state index in [-0.39, 0.29) is 12.5 Å². The molecule has 0 saturated carbocycles. The number of nitrogens with one attached hydrogen (secondary N) is 1. The summed E-state index contributed by atoms with van der Waals surface area (Å²) in [7, 11) is 0. The number of hydrogen-bond acceptors (Lipinski definition) is 3. The van der Waals surface area contributed by atoms with E-state index in [1.807, 2.05) is 6.08 Å². The summed E-state index contributed by atoms with van der Waals surface area (Å²) in [5.41, 5.74) is 0. The zero-order valence-electron chi connectivity index (χ0n) is 44.0. The van der Waals surface area contributed by atoms with E-state index in [9.17, 15) is 15.0 Å². The second-order valence-electron chi connectivity index (χ2n) is 20.0. The summed E-state index contributed by atoms with van der Waals surface area (Å²) in [6, 6.07) is -0.644. The minimum absolute atomic E-state index is 0.0742. The monoisotopic (exact) mass is 910 g/mol. The number of allylic oxidation sites excluding steroid dienone is 7. The van der Waals surface area contributed by atoms with Gasteiger partial charge in [-0.05, 0) is 70.6 Å². The summed E-state index contributed by atoms with van der Waals surface area (Å²) in [5.74, 6) is -0.0742. The Balaban J connectivity index is 3.39. The van der Waals surface area contributed by atoms with Crippen LogP contribution in [0.3, 0.4) is 0 Å². The normalized spacial score (nSPS) is 13.1. The van der Waals surface area contributed by atoms with Gasteiger partial charge in [-0.1, -0.05) is 287 Å². The molecule has 0 aromatic carbocycles. The number of amides is 1. The van der Waals surface area contributed by atoms with Crippen LogP contribution in [0.25, 0.3) is 0 Å². The maximum absolute atomic E-state index is 12.4. The molecule has 4 heteroatoms. The van der Waals surface area contributed by atoms with Gasteiger partial charge in [-0.25, -0.2) is 0 Å². The van der Waals surface area contributed by atoms with Gasteiger partial charge >= 0.3 is 0 Å². The van der Waals surface area contributed by atoms with Crippen molar-refractivity contribution in [2.24, 2.45) is 0 Å². The molecule has 2 unspecified atom stereocenters. The van der Waals surface area contributed by atoms with Crippen molar-refractivity contribution in [1.82, 2.24) is 5.32 Å². The zero-order chi connectivity index (χ0) is 47.0. The molecule has 382 valence electrons. The van der Waals surface area contributed by atoms with Gasteiger partial charge in [-0.2, -0.15) is 0 Å². The Morgan fingerprint density at radius 2 is 0.600 bits per heavy atom. The number of aliphatic hydroxyl groups excluding tert-OH is 2. The number of hydrogen-bond donors (Lipinski definition) is 3.